The van der Waals surface area contributed by atoms with Gasteiger partial charge in [-0.15, -0.1) is 0 Å². The van der Waals surface area contributed by atoms with Crippen LogP contribution in [0.2, 0.25) is 0 Å². The topological polar surface area (TPSA) is 57.1 Å². The molecule has 1 amide bonds. The molecule has 2 aliphatic heterocycles. The van der Waals surface area contributed by atoms with Crippen molar-refractivity contribution in [1.29, 1.82) is 0 Å². The molecular formula is C25H30N4OS. The third kappa shape index (κ3) is 5.25. The van der Waals surface area contributed by atoms with Gasteiger partial charge in [0.15, 0.2) is 5.66 Å². The molecule has 6 heteroatoms. The normalized spacial score (nSPS) is 18.0. The molecule has 0 bridgehead atoms. The molecule has 0 aromatic heterocycles. The van der Waals surface area contributed by atoms with E-state index in [9.17, 15) is 4.79 Å². The van der Waals surface area contributed by atoms with Gasteiger partial charge in [0.05, 0.1) is 11.5 Å². The Morgan fingerprint density at radius 2 is 1.81 bits per heavy atom. The summed E-state index contributed by atoms with van der Waals surface area (Å²) in [5.74, 6) is 0.290. The molecule has 2 aromatic carbocycles. The standard InChI is InChI=1S/C25H30N4OS/c1-4-29-14-12-25(13-15-29)27-23(20-10-8-18(2)9-11-20)24(28-25)31-17-22(30)26-21-7-5-6-19(3)16-21/h5-11,16H,4,12-15,17H2,1-3H3,(H,26,30). The van der Waals surface area contributed by atoms with Crippen molar-refractivity contribution < 1.29 is 4.79 Å². The van der Waals surface area contributed by atoms with Crippen molar-refractivity contribution in [1.82, 2.24) is 4.90 Å². The van der Waals surface area contributed by atoms with Gasteiger partial charge in [-0.1, -0.05) is 60.6 Å². The van der Waals surface area contributed by atoms with E-state index in [4.69, 9.17) is 9.98 Å². The highest BCUT2D eigenvalue weighted by atomic mass is 32.2. The molecule has 1 N–H and O–H groups in total. The lowest BCUT2D eigenvalue weighted by molar-refractivity contribution is -0.113. The molecule has 1 spiro atoms. The van der Waals surface area contributed by atoms with Crippen molar-refractivity contribution in [3.63, 3.8) is 0 Å². The number of thioether (sulfide) groups is 1. The Bertz CT molecular complexity index is 1000. The van der Waals surface area contributed by atoms with Crippen LogP contribution in [0.4, 0.5) is 5.69 Å². The molecule has 0 aliphatic carbocycles. The summed E-state index contributed by atoms with van der Waals surface area (Å²) in [6, 6.07) is 16.3. The van der Waals surface area contributed by atoms with E-state index < -0.39 is 0 Å². The molecule has 2 heterocycles. The largest absolute Gasteiger partial charge is 0.325 e. The zero-order valence-corrected chi connectivity index (χ0v) is 19.3. The summed E-state index contributed by atoms with van der Waals surface area (Å²) >= 11 is 1.49. The van der Waals surface area contributed by atoms with E-state index in [-0.39, 0.29) is 11.6 Å². The number of carbonyl (C=O) groups excluding carboxylic acids is 1. The SMILES string of the molecule is CCN1CCC2(CC1)N=C(SCC(=O)Nc1cccc(C)c1)C(c1ccc(C)cc1)=N2. The number of nitrogens with one attached hydrogen (secondary N) is 1. The Balaban J connectivity index is 1.50. The number of aliphatic imine (C=N–C) groups is 2. The van der Waals surface area contributed by atoms with Crippen LogP contribution < -0.4 is 5.32 Å². The molecule has 4 rings (SSSR count). The number of anilines is 1. The number of piperidine rings is 1. The monoisotopic (exact) mass is 434 g/mol. The quantitative estimate of drug-likeness (QED) is 0.743. The van der Waals surface area contributed by atoms with Crippen LogP contribution in [-0.4, -0.2) is 52.6 Å². The van der Waals surface area contributed by atoms with Gasteiger partial charge >= 0.3 is 0 Å². The van der Waals surface area contributed by atoms with E-state index in [1.54, 1.807) is 0 Å². The maximum atomic E-state index is 12.6. The van der Waals surface area contributed by atoms with Crippen molar-refractivity contribution >= 4 is 34.1 Å². The summed E-state index contributed by atoms with van der Waals surface area (Å²) in [7, 11) is 0. The summed E-state index contributed by atoms with van der Waals surface area (Å²) in [6.45, 7) is 9.39. The second-order valence-corrected chi connectivity index (χ2v) is 9.33. The van der Waals surface area contributed by atoms with Crippen molar-refractivity contribution in [2.75, 3.05) is 30.7 Å². The van der Waals surface area contributed by atoms with Gasteiger partial charge in [-0.25, -0.2) is 4.99 Å². The molecule has 0 atom stereocenters. The fourth-order valence-electron chi connectivity index (χ4n) is 4.03. The number of aryl methyl sites for hydroxylation is 2. The molecule has 0 saturated carbocycles. The maximum absolute atomic E-state index is 12.6. The predicted molar refractivity (Wildman–Crippen MR) is 131 cm³/mol. The van der Waals surface area contributed by atoms with Crippen LogP contribution in [0.5, 0.6) is 0 Å². The lowest BCUT2D eigenvalue weighted by atomic mass is 9.98. The van der Waals surface area contributed by atoms with E-state index in [0.717, 1.165) is 60.0 Å². The van der Waals surface area contributed by atoms with Crippen molar-refractivity contribution in [2.24, 2.45) is 9.98 Å². The first-order valence-corrected chi connectivity index (χ1v) is 11.9. The first-order valence-electron chi connectivity index (χ1n) is 11.0. The van der Waals surface area contributed by atoms with Gasteiger partial charge in [-0.05, 0) is 38.1 Å². The highest BCUT2D eigenvalue weighted by Gasteiger charge is 2.39. The zero-order valence-electron chi connectivity index (χ0n) is 18.5. The van der Waals surface area contributed by atoms with Crippen LogP contribution in [0.3, 0.4) is 0 Å². The first kappa shape index (κ1) is 21.8. The van der Waals surface area contributed by atoms with Gasteiger partial charge in [0.1, 0.15) is 5.04 Å². The minimum atomic E-state index is -0.374. The lowest BCUT2D eigenvalue weighted by Gasteiger charge is -2.34. The van der Waals surface area contributed by atoms with E-state index in [2.05, 4.69) is 48.3 Å². The zero-order chi connectivity index (χ0) is 21.8. The smallest absolute Gasteiger partial charge is 0.234 e. The second-order valence-electron chi connectivity index (χ2n) is 8.37. The van der Waals surface area contributed by atoms with Crippen LogP contribution in [0, 0.1) is 13.8 Å². The fraction of sp³-hybridized carbons (Fsp3) is 0.400. The third-order valence-electron chi connectivity index (χ3n) is 5.90. The van der Waals surface area contributed by atoms with Gasteiger partial charge < -0.3 is 10.2 Å². The summed E-state index contributed by atoms with van der Waals surface area (Å²) in [5, 5.41) is 3.87. The highest BCUT2D eigenvalue weighted by molar-refractivity contribution is 8.16. The van der Waals surface area contributed by atoms with Crippen molar-refractivity contribution in [3.05, 3.63) is 65.2 Å². The van der Waals surface area contributed by atoms with E-state index in [1.807, 2.05) is 31.2 Å². The van der Waals surface area contributed by atoms with Gasteiger partial charge in [0, 0.05) is 37.2 Å². The Hall–Kier alpha value is -2.44. The molecular weight excluding hydrogens is 404 g/mol. The Morgan fingerprint density at radius 3 is 2.48 bits per heavy atom. The summed E-state index contributed by atoms with van der Waals surface area (Å²) in [4.78, 5) is 25.3. The molecule has 0 radical (unpaired) electrons. The van der Waals surface area contributed by atoms with E-state index >= 15 is 0 Å². The number of hydrogen-bond acceptors (Lipinski definition) is 5. The molecule has 2 aromatic rings. The summed E-state index contributed by atoms with van der Waals surface area (Å²) in [6.07, 6.45) is 1.85. The average Bonchev–Trinajstić information content (AvgIpc) is 3.11. The minimum Gasteiger partial charge on any atom is -0.325 e. The average molecular weight is 435 g/mol. The van der Waals surface area contributed by atoms with E-state index in [1.165, 1.54) is 17.3 Å². The van der Waals surface area contributed by atoms with E-state index in [0.29, 0.717) is 5.75 Å². The number of hydrogen-bond donors (Lipinski definition) is 1. The summed E-state index contributed by atoms with van der Waals surface area (Å²) in [5.41, 5.74) is 4.80. The van der Waals surface area contributed by atoms with Gasteiger partial charge in [-0.2, -0.15) is 0 Å². The van der Waals surface area contributed by atoms with Gasteiger partial charge in [-0.3, -0.25) is 9.79 Å². The number of rotatable bonds is 5. The fourth-order valence-corrected chi connectivity index (χ4v) is 4.90. The third-order valence-corrected chi connectivity index (χ3v) is 6.87. The second kappa shape index (κ2) is 9.37. The van der Waals surface area contributed by atoms with Gasteiger partial charge in [0.2, 0.25) is 5.91 Å². The van der Waals surface area contributed by atoms with Crippen LogP contribution >= 0.6 is 11.8 Å². The van der Waals surface area contributed by atoms with Crippen LogP contribution in [0.1, 0.15) is 36.5 Å². The molecule has 5 nitrogen and oxygen atoms in total. The molecule has 162 valence electrons. The molecule has 2 aliphatic rings. The molecule has 31 heavy (non-hydrogen) atoms. The van der Waals surface area contributed by atoms with Crippen molar-refractivity contribution in [3.8, 4) is 0 Å². The summed E-state index contributed by atoms with van der Waals surface area (Å²) < 4.78 is 0. The van der Waals surface area contributed by atoms with Crippen LogP contribution in [0.25, 0.3) is 0 Å². The number of carbonyl (C=O) groups is 1. The highest BCUT2D eigenvalue weighted by Crippen LogP contribution is 2.35. The number of likely N-dealkylation sites (tertiary alicyclic amines) is 1. The van der Waals surface area contributed by atoms with Gasteiger partial charge in [0.25, 0.3) is 0 Å². The minimum absolute atomic E-state index is 0.0247. The Kier molecular flexibility index (Phi) is 6.58. The molecule has 1 saturated heterocycles. The van der Waals surface area contributed by atoms with Crippen molar-refractivity contribution in [2.45, 2.75) is 39.3 Å². The molecule has 0 unspecified atom stereocenters. The lowest BCUT2D eigenvalue weighted by Crippen LogP contribution is -2.41. The van der Waals surface area contributed by atoms with Crippen LogP contribution in [-0.2, 0) is 4.79 Å². The Labute approximate surface area is 189 Å². The Morgan fingerprint density at radius 1 is 1.06 bits per heavy atom. The van der Waals surface area contributed by atoms with Crippen LogP contribution in [0.15, 0.2) is 58.5 Å². The number of nitrogens with zero attached hydrogens (tertiary/aromatic N) is 3. The maximum Gasteiger partial charge on any atom is 0.234 e. The first-order chi connectivity index (χ1) is 15.0. The molecule has 1 fully saturated rings. The number of benzene rings is 2. The number of amides is 1. The predicted octanol–water partition coefficient (Wildman–Crippen LogP) is 4.69.